The van der Waals surface area contributed by atoms with E-state index in [1.165, 1.54) is 28.8 Å². The van der Waals surface area contributed by atoms with E-state index < -0.39 is 27.5 Å². The summed E-state index contributed by atoms with van der Waals surface area (Å²) in [6.45, 7) is 0.550. The molecular formula is C25H26FN3O5S. The number of sulfonamides is 1. The van der Waals surface area contributed by atoms with E-state index in [1.807, 2.05) is 0 Å². The first kappa shape index (κ1) is 24.6. The average Bonchev–Trinajstić information content (AvgIpc) is 3.38. The Morgan fingerprint density at radius 1 is 1.00 bits per heavy atom. The number of benzene rings is 2. The SMILES string of the molecule is O=C(NCc1ccco1)c1ccccc1NC(=O)C1CCN(S(=O)(=O)Cc2ccccc2F)CC1. The van der Waals surface area contributed by atoms with Crippen molar-refractivity contribution >= 4 is 27.5 Å². The second-order valence-corrected chi connectivity index (χ2v) is 10.3. The molecule has 1 aromatic heterocycles. The van der Waals surface area contributed by atoms with Crippen LogP contribution in [0.25, 0.3) is 0 Å². The molecule has 0 spiro atoms. The van der Waals surface area contributed by atoms with Gasteiger partial charge in [0, 0.05) is 24.6 Å². The van der Waals surface area contributed by atoms with Crippen LogP contribution in [0.2, 0.25) is 0 Å². The molecule has 2 N–H and O–H groups in total. The summed E-state index contributed by atoms with van der Waals surface area (Å²) in [6, 6.07) is 16.0. The number of rotatable bonds is 8. The van der Waals surface area contributed by atoms with E-state index in [2.05, 4.69) is 10.6 Å². The first-order chi connectivity index (χ1) is 16.8. The number of para-hydroxylation sites is 1. The van der Waals surface area contributed by atoms with E-state index >= 15 is 0 Å². The lowest BCUT2D eigenvalue weighted by Gasteiger charge is -2.30. The fraction of sp³-hybridized carbons (Fsp3) is 0.280. The quantitative estimate of drug-likeness (QED) is 0.493. The highest BCUT2D eigenvalue weighted by molar-refractivity contribution is 7.88. The Morgan fingerprint density at radius 3 is 2.43 bits per heavy atom. The largest absolute Gasteiger partial charge is 0.467 e. The lowest BCUT2D eigenvalue weighted by Crippen LogP contribution is -2.42. The third-order valence-corrected chi connectivity index (χ3v) is 7.77. The monoisotopic (exact) mass is 499 g/mol. The van der Waals surface area contributed by atoms with Crippen LogP contribution >= 0.6 is 0 Å². The van der Waals surface area contributed by atoms with Crippen molar-refractivity contribution < 1.29 is 26.8 Å². The number of halogens is 1. The predicted molar refractivity (Wildman–Crippen MR) is 128 cm³/mol. The first-order valence-electron chi connectivity index (χ1n) is 11.2. The molecule has 10 heteroatoms. The van der Waals surface area contributed by atoms with E-state index in [1.54, 1.807) is 42.5 Å². The van der Waals surface area contributed by atoms with Crippen molar-refractivity contribution in [1.29, 1.82) is 0 Å². The maximum Gasteiger partial charge on any atom is 0.253 e. The molecule has 2 amide bonds. The second kappa shape index (κ2) is 10.8. The second-order valence-electron chi connectivity index (χ2n) is 8.32. The van der Waals surface area contributed by atoms with Gasteiger partial charge in [0.1, 0.15) is 11.6 Å². The number of hydrogen-bond donors (Lipinski definition) is 2. The van der Waals surface area contributed by atoms with Gasteiger partial charge in [-0.1, -0.05) is 30.3 Å². The molecule has 4 rings (SSSR count). The molecule has 0 atom stereocenters. The summed E-state index contributed by atoms with van der Waals surface area (Å²) >= 11 is 0. The van der Waals surface area contributed by atoms with Crippen LogP contribution in [0.15, 0.2) is 71.3 Å². The van der Waals surface area contributed by atoms with E-state index in [0.717, 1.165) is 0 Å². The third-order valence-electron chi connectivity index (χ3n) is 5.95. The lowest BCUT2D eigenvalue weighted by atomic mass is 9.97. The van der Waals surface area contributed by atoms with Gasteiger partial charge in [-0.3, -0.25) is 9.59 Å². The molecular weight excluding hydrogens is 473 g/mol. The Bertz CT molecular complexity index is 1290. The minimum atomic E-state index is -3.71. The number of carbonyl (C=O) groups excluding carboxylic acids is 2. The number of nitrogens with zero attached hydrogens (tertiary/aromatic N) is 1. The Kier molecular flexibility index (Phi) is 7.62. The number of hydrogen-bond acceptors (Lipinski definition) is 5. The number of carbonyl (C=O) groups is 2. The van der Waals surface area contributed by atoms with E-state index in [-0.39, 0.29) is 37.0 Å². The first-order valence-corrected chi connectivity index (χ1v) is 12.9. The number of furan rings is 1. The van der Waals surface area contributed by atoms with Crippen LogP contribution in [0, 0.1) is 11.7 Å². The van der Waals surface area contributed by atoms with Gasteiger partial charge in [0.15, 0.2) is 0 Å². The van der Waals surface area contributed by atoms with Crippen molar-refractivity contribution in [3.05, 3.63) is 89.6 Å². The smallest absolute Gasteiger partial charge is 0.253 e. The molecule has 35 heavy (non-hydrogen) atoms. The normalized spacial score (nSPS) is 15.0. The van der Waals surface area contributed by atoms with Gasteiger partial charge >= 0.3 is 0 Å². The van der Waals surface area contributed by atoms with E-state index in [0.29, 0.717) is 29.9 Å². The van der Waals surface area contributed by atoms with Crippen LogP contribution in [0.3, 0.4) is 0 Å². The Labute approximate surface area is 203 Å². The molecule has 1 aliphatic rings. The van der Waals surface area contributed by atoms with E-state index in [4.69, 9.17) is 4.42 Å². The summed E-state index contributed by atoms with van der Waals surface area (Å²) in [5.74, 6) is -1.41. The molecule has 1 fully saturated rings. The highest BCUT2D eigenvalue weighted by atomic mass is 32.2. The number of amides is 2. The molecule has 3 aromatic rings. The molecule has 0 aliphatic carbocycles. The summed E-state index contributed by atoms with van der Waals surface area (Å²) in [7, 11) is -3.71. The number of nitrogens with one attached hydrogen (secondary N) is 2. The van der Waals surface area contributed by atoms with Gasteiger partial charge in [0.2, 0.25) is 15.9 Å². The van der Waals surface area contributed by atoms with Crippen molar-refractivity contribution in [1.82, 2.24) is 9.62 Å². The summed E-state index contributed by atoms with van der Waals surface area (Å²) in [4.78, 5) is 25.5. The fourth-order valence-corrected chi connectivity index (χ4v) is 5.58. The minimum Gasteiger partial charge on any atom is -0.467 e. The zero-order valence-electron chi connectivity index (χ0n) is 18.9. The maximum atomic E-state index is 13.9. The summed E-state index contributed by atoms with van der Waals surface area (Å²) in [5.41, 5.74) is 0.815. The van der Waals surface area contributed by atoms with Crippen LogP contribution in [-0.4, -0.2) is 37.6 Å². The molecule has 1 aliphatic heterocycles. The van der Waals surface area contributed by atoms with Crippen molar-refractivity contribution in [2.24, 2.45) is 5.92 Å². The minimum absolute atomic E-state index is 0.120. The summed E-state index contributed by atoms with van der Waals surface area (Å²) in [6.07, 6.45) is 2.18. The molecule has 2 aromatic carbocycles. The van der Waals surface area contributed by atoms with Crippen LogP contribution in [-0.2, 0) is 27.1 Å². The highest BCUT2D eigenvalue weighted by Crippen LogP contribution is 2.25. The zero-order chi connectivity index (χ0) is 24.8. The summed E-state index contributed by atoms with van der Waals surface area (Å²) < 4.78 is 45.9. The van der Waals surface area contributed by atoms with Crippen LogP contribution in [0.1, 0.15) is 34.5 Å². The highest BCUT2D eigenvalue weighted by Gasteiger charge is 2.32. The van der Waals surface area contributed by atoms with Crippen molar-refractivity contribution in [2.45, 2.75) is 25.1 Å². The molecule has 8 nitrogen and oxygen atoms in total. The third kappa shape index (κ3) is 6.14. The Morgan fingerprint density at radius 2 is 1.71 bits per heavy atom. The van der Waals surface area contributed by atoms with Crippen LogP contribution in [0.5, 0.6) is 0 Å². The van der Waals surface area contributed by atoms with Crippen molar-refractivity contribution in [3.8, 4) is 0 Å². The number of anilines is 1. The van der Waals surface area contributed by atoms with Crippen LogP contribution in [0.4, 0.5) is 10.1 Å². The Hall–Kier alpha value is -3.50. The van der Waals surface area contributed by atoms with Gasteiger partial charge in [-0.05, 0) is 43.2 Å². The zero-order valence-corrected chi connectivity index (χ0v) is 19.8. The van der Waals surface area contributed by atoms with Crippen molar-refractivity contribution in [3.63, 3.8) is 0 Å². The lowest BCUT2D eigenvalue weighted by molar-refractivity contribution is -0.120. The molecule has 0 radical (unpaired) electrons. The molecule has 2 heterocycles. The topological polar surface area (TPSA) is 109 Å². The Balaban J connectivity index is 1.34. The van der Waals surface area contributed by atoms with E-state index in [9.17, 15) is 22.4 Å². The fourth-order valence-electron chi connectivity index (χ4n) is 4.00. The molecule has 0 saturated carbocycles. The van der Waals surface area contributed by atoms with Crippen LogP contribution < -0.4 is 10.6 Å². The number of piperidine rings is 1. The van der Waals surface area contributed by atoms with Gasteiger partial charge in [-0.2, -0.15) is 0 Å². The predicted octanol–water partition coefficient (Wildman–Crippen LogP) is 3.53. The standard InChI is InChI=1S/C25H26FN3O5S/c26-22-9-3-1-6-19(22)17-35(32,33)29-13-11-18(12-14-29)24(30)28-23-10-4-2-8-21(23)25(31)27-16-20-7-5-15-34-20/h1-10,15,18H,11-14,16-17H2,(H,27,31)(H,28,30). The van der Waals surface area contributed by atoms with Gasteiger partial charge in [0.25, 0.3) is 5.91 Å². The molecule has 184 valence electrons. The van der Waals surface area contributed by atoms with Gasteiger partial charge in [-0.25, -0.2) is 17.1 Å². The molecule has 0 bridgehead atoms. The van der Waals surface area contributed by atoms with Gasteiger partial charge in [-0.15, -0.1) is 0 Å². The van der Waals surface area contributed by atoms with Gasteiger partial charge < -0.3 is 15.1 Å². The maximum absolute atomic E-state index is 13.9. The average molecular weight is 500 g/mol. The molecule has 1 saturated heterocycles. The van der Waals surface area contributed by atoms with Gasteiger partial charge in [0.05, 0.1) is 29.8 Å². The molecule has 0 unspecified atom stereocenters. The summed E-state index contributed by atoms with van der Waals surface area (Å²) in [5, 5.41) is 5.57. The van der Waals surface area contributed by atoms with Crippen molar-refractivity contribution in [2.75, 3.05) is 18.4 Å².